The summed E-state index contributed by atoms with van der Waals surface area (Å²) in [4.78, 5) is 8.50. The van der Waals surface area contributed by atoms with E-state index in [1.165, 1.54) is 0 Å². The largest absolute Gasteiger partial charge is 0.370 e. The SMILES string of the molecule is CCCNc1ncnc(NCCn2ccnn2)c1C. The fourth-order valence-electron chi connectivity index (χ4n) is 1.69. The molecule has 2 aromatic rings. The molecule has 0 aliphatic heterocycles. The van der Waals surface area contributed by atoms with Gasteiger partial charge in [-0.1, -0.05) is 12.1 Å². The fourth-order valence-corrected chi connectivity index (χ4v) is 1.69. The van der Waals surface area contributed by atoms with Crippen molar-refractivity contribution >= 4 is 11.6 Å². The molecule has 0 fully saturated rings. The molecule has 0 saturated carbocycles. The minimum atomic E-state index is 0.744. The van der Waals surface area contributed by atoms with E-state index in [4.69, 9.17) is 0 Å². The van der Waals surface area contributed by atoms with Crippen molar-refractivity contribution in [1.29, 1.82) is 0 Å². The van der Waals surface area contributed by atoms with Crippen LogP contribution in [0.5, 0.6) is 0 Å². The molecule has 0 radical (unpaired) electrons. The van der Waals surface area contributed by atoms with Gasteiger partial charge in [0.05, 0.1) is 12.7 Å². The molecule has 0 unspecified atom stereocenters. The van der Waals surface area contributed by atoms with E-state index in [0.29, 0.717) is 0 Å². The van der Waals surface area contributed by atoms with Gasteiger partial charge in [-0.2, -0.15) is 0 Å². The van der Waals surface area contributed by atoms with Gasteiger partial charge < -0.3 is 10.6 Å². The molecule has 0 amide bonds. The van der Waals surface area contributed by atoms with Crippen molar-refractivity contribution < 1.29 is 0 Å². The molecule has 0 spiro atoms. The molecule has 19 heavy (non-hydrogen) atoms. The quantitative estimate of drug-likeness (QED) is 0.782. The Morgan fingerprint density at radius 1 is 1.16 bits per heavy atom. The van der Waals surface area contributed by atoms with Crippen LogP contribution >= 0.6 is 0 Å². The van der Waals surface area contributed by atoms with E-state index in [0.717, 1.165) is 43.3 Å². The first kappa shape index (κ1) is 13.3. The van der Waals surface area contributed by atoms with Crippen LogP contribution in [-0.4, -0.2) is 38.1 Å². The third-order valence-corrected chi connectivity index (χ3v) is 2.73. The monoisotopic (exact) mass is 261 g/mol. The van der Waals surface area contributed by atoms with E-state index in [1.807, 2.05) is 13.1 Å². The normalized spacial score (nSPS) is 10.4. The summed E-state index contributed by atoms with van der Waals surface area (Å²) in [6.45, 7) is 6.54. The smallest absolute Gasteiger partial charge is 0.134 e. The van der Waals surface area contributed by atoms with Crippen LogP contribution in [0.15, 0.2) is 18.7 Å². The lowest BCUT2D eigenvalue weighted by Crippen LogP contribution is -2.14. The first-order valence-corrected chi connectivity index (χ1v) is 6.44. The van der Waals surface area contributed by atoms with E-state index in [-0.39, 0.29) is 0 Å². The number of anilines is 2. The summed E-state index contributed by atoms with van der Waals surface area (Å²) in [6.07, 6.45) is 6.15. The molecule has 7 nitrogen and oxygen atoms in total. The van der Waals surface area contributed by atoms with Crippen molar-refractivity contribution in [3.05, 3.63) is 24.3 Å². The number of rotatable bonds is 7. The van der Waals surface area contributed by atoms with Crippen LogP contribution in [0.1, 0.15) is 18.9 Å². The first-order chi connectivity index (χ1) is 9.31. The second-order valence-corrected chi connectivity index (χ2v) is 4.22. The maximum Gasteiger partial charge on any atom is 0.134 e. The predicted molar refractivity (Wildman–Crippen MR) is 74.1 cm³/mol. The average molecular weight is 261 g/mol. The van der Waals surface area contributed by atoms with Crippen molar-refractivity contribution in [2.75, 3.05) is 23.7 Å². The van der Waals surface area contributed by atoms with Crippen molar-refractivity contribution in [3.63, 3.8) is 0 Å². The Balaban J connectivity index is 1.92. The van der Waals surface area contributed by atoms with Gasteiger partial charge in [0.15, 0.2) is 0 Å². The molecule has 2 heterocycles. The number of hydrogen-bond donors (Lipinski definition) is 2. The zero-order valence-electron chi connectivity index (χ0n) is 11.3. The van der Waals surface area contributed by atoms with Crippen LogP contribution in [0.2, 0.25) is 0 Å². The standard InChI is InChI=1S/C12H19N7/c1-3-4-13-11-10(2)12(16-9-15-11)14-5-7-19-8-6-17-18-19/h6,8-9H,3-5,7H2,1-2H3,(H2,13,14,15,16). The lowest BCUT2D eigenvalue weighted by atomic mass is 10.3. The summed E-state index contributed by atoms with van der Waals surface area (Å²) >= 11 is 0. The van der Waals surface area contributed by atoms with E-state index < -0.39 is 0 Å². The molecule has 0 aliphatic carbocycles. The molecule has 0 atom stereocenters. The van der Waals surface area contributed by atoms with Crippen molar-refractivity contribution in [2.45, 2.75) is 26.8 Å². The molecule has 0 bridgehead atoms. The molecule has 0 saturated heterocycles. The van der Waals surface area contributed by atoms with Crippen LogP contribution in [0.3, 0.4) is 0 Å². The van der Waals surface area contributed by atoms with Crippen LogP contribution in [0.4, 0.5) is 11.6 Å². The second kappa shape index (κ2) is 6.67. The minimum Gasteiger partial charge on any atom is -0.370 e. The van der Waals surface area contributed by atoms with E-state index >= 15 is 0 Å². The van der Waals surface area contributed by atoms with Gasteiger partial charge >= 0.3 is 0 Å². The summed E-state index contributed by atoms with van der Waals surface area (Å²) in [5.74, 6) is 1.74. The van der Waals surface area contributed by atoms with Crippen molar-refractivity contribution in [1.82, 2.24) is 25.0 Å². The van der Waals surface area contributed by atoms with Gasteiger partial charge in [0.25, 0.3) is 0 Å². The highest BCUT2D eigenvalue weighted by Crippen LogP contribution is 2.17. The van der Waals surface area contributed by atoms with Crippen molar-refractivity contribution in [2.24, 2.45) is 0 Å². The minimum absolute atomic E-state index is 0.744. The van der Waals surface area contributed by atoms with Crippen LogP contribution in [-0.2, 0) is 6.54 Å². The molecule has 2 aromatic heterocycles. The summed E-state index contributed by atoms with van der Waals surface area (Å²) in [6, 6.07) is 0. The highest BCUT2D eigenvalue weighted by Gasteiger charge is 2.05. The molecule has 2 N–H and O–H groups in total. The van der Waals surface area contributed by atoms with Crippen LogP contribution in [0, 0.1) is 6.92 Å². The third kappa shape index (κ3) is 3.64. The summed E-state index contributed by atoms with van der Waals surface area (Å²) in [5.41, 5.74) is 1.04. The average Bonchev–Trinajstić information content (AvgIpc) is 2.92. The van der Waals surface area contributed by atoms with E-state index in [1.54, 1.807) is 17.2 Å². The zero-order chi connectivity index (χ0) is 13.5. The molecule has 7 heteroatoms. The topological polar surface area (TPSA) is 80.5 Å². The van der Waals surface area contributed by atoms with Crippen LogP contribution < -0.4 is 10.6 Å². The lowest BCUT2D eigenvalue weighted by Gasteiger charge is -2.12. The van der Waals surface area contributed by atoms with Gasteiger partial charge in [-0.05, 0) is 13.3 Å². The van der Waals surface area contributed by atoms with Gasteiger partial charge in [0.1, 0.15) is 18.0 Å². The molecule has 0 aliphatic rings. The number of hydrogen-bond acceptors (Lipinski definition) is 6. The Morgan fingerprint density at radius 2 is 1.89 bits per heavy atom. The van der Waals surface area contributed by atoms with Gasteiger partial charge in [0, 0.05) is 24.8 Å². The number of aromatic nitrogens is 5. The summed E-state index contributed by atoms with van der Waals surface area (Å²) in [7, 11) is 0. The molecule has 2 rings (SSSR count). The fraction of sp³-hybridized carbons (Fsp3) is 0.500. The highest BCUT2D eigenvalue weighted by atomic mass is 15.4. The maximum atomic E-state index is 4.26. The zero-order valence-corrected chi connectivity index (χ0v) is 11.3. The molecular weight excluding hydrogens is 242 g/mol. The summed E-state index contributed by atoms with van der Waals surface area (Å²) < 4.78 is 1.78. The van der Waals surface area contributed by atoms with Gasteiger partial charge in [0.2, 0.25) is 0 Å². The van der Waals surface area contributed by atoms with Gasteiger partial charge in [-0.3, -0.25) is 4.68 Å². The Hall–Kier alpha value is -2.18. The summed E-state index contributed by atoms with van der Waals surface area (Å²) in [5, 5.41) is 14.2. The Bertz CT molecular complexity index is 495. The molecular formula is C12H19N7. The van der Waals surface area contributed by atoms with Crippen molar-refractivity contribution in [3.8, 4) is 0 Å². The third-order valence-electron chi connectivity index (χ3n) is 2.73. The number of nitrogens with zero attached hydrogens (tertiary/aromatic N) is 5. The Morgan fingerprint density at radius 3 is 2.53 bits per heavy atom. The van der Waals surface area contributed by atoms with Gasteiger partial charge in [-0.25, -0.2) is 9.97 Å². The predicted octanol–water partition coefficient (Wildman–Crippen LogP) is 1.31. The van der Waals surface area contributed by atoms with E-state index in [2.05, 4.69) is 37.8 Å². The Labute approximate surface area is 112 Å². The Kier molecular flexibility index (Phi) is 4.66. The molecule has 102 valence electrons. The second-order valence-electron chi connectivity index (χ2n) is 4.22. The molecule has 0 aromatic carbocycles. The van der Waals surface area contributed by atoms with Crippen LogP contribution in [0.25, 0.3) is 0 Å². The van der Waals surface area contributed by atoms with Gasteiger partial charge in [-0.15, -0.1) is 5.10 Å². The lowest BCUT2D eigenvalue weighted by molar-refractivity contribution is 0.608. The first-order valence-electron chi connectivity index (χ1n) is 6.44. The number of nitrogens with one attached hydrogen (secondary N) is 2. The highest BCUT2D eigenvalue weighted by molar-refractivity contribution is 5.56. The van der Waals surface area contributed by atoms with E-state index in [9.17, 15) is 0 Å². The maximum absolute atomic E-state index is 4.26.